The van der Waals surface area contributed by atoms with E-state index in [0.29, 0.717) is 0 Å². The molecule has 1 unspecified atom stereocenters. The van der Waals surface area contributed by atoms with Crippen molar-refractivity contribution < 1.29 is 9.47 Å². The van der Waals surface area contributed by atoms with Gasteiger partial charge in [-0.05, 0) is 49.6 Å². The first kappa shape index (κ1) is 13.0. The number of fused-ring (bicyclic) bond motifs is 1. The molecule has 0 aromatic heterocycles. The van der Waals surface area contributed by atoms with Crippen molar-refractivity contribution in [1.82, 2.24) is 0 Å². The number of aryl methyl sites for hydroxylation is 2. The fourth-order valence-corrected chi connectivity index (χ4v) is 3.05. The summed E-state index contributed by atoms with van der Waals surface area (Å²) in [6, 6.07) is 10.6. The Kier molecular flexibility index (Phi) is 3.17. The summed E-state index contributed by atoms with van der Waals surface area (Å²) in [5.41, 5.74) is 6.19. The Morgan fingerprint density at radius 3 is 2.50 bits per heavy atom. The summed E-state index contributed by atoms with van der Waals surface area (Å²) in [5, 5.41) is 0. The first-order valence-corrected chi connectivity index (χ1v) is 7.04. The second-order valence-electron chi connectivity index (χ2n) is 5.56. The summed E-state index contributed by atoms with van der Waals surface area (Å²) in [4.78, 5) is 0. The third-order valence-corrected chi connectivity index (χ3v) is 3.95. The topological polar surface area (TPSA) is 18.5 Å². The summed E-state index contributed by atoms with van der Waals surface area (Å²) >= 11 is 0. The maximum Gasteiger partial charge on any atom is 0.131 e. The molecule has 0 fully saturated rings. The smallest absolute Gasteiger partial charge is 0.131 e. The minimum Gasteiger partial charge on any atom is -0.497 e. The molecule has 1 aliphatic rings. The Balaban J connectivity index is 2.26. The second kappa shape index (κ2) is 4.86. The first-order chi connectivity index (χ1) is 9.60. The van der Waals surface area contributed by atoms with Crippen LogP contribution < -0.4 is 9.47 Å². The molecular formula is C18H20O2. The van der Waals surface area contributed by atoms with Crippen LogP contribution in [-0.2, 0) is 6.42 Å². The number of ether oxygens (including phenoxy) is 2. The molecule has 1 heterocycles. The van der Waals surface area contributed by atoms with Gasteiger partial charge in [-0.3, -0.25) is 0 Å². The van der Waals surface area contributed by atoms with Crippen molar-refractivity contribution in [2.75, 3.05) is 7.11 Å². The minimum absolute atomic E-state index is 0.236. The quantitative estimate of drug-likeness (QED) is 0.808. The lowest BCUT2D eigenvalue weighted by molar-refractivity contribution is 0.255. The van der Waals surface area contributed by atoms with Crippen molar-refractivity contribution in [1.29, 1.82) is 0 Å². The van der Waals surface area contributed by atoms with E-state index in [4.69, 9.17) is 9.47 Å². The molecule has 0 N–H and O–H groups in total. The van der Waals surface area contributed by atoms with E-state index in [-0.39, 0.29) is 6.10 Å². The highest BCUT2D eigenvalue weighted by molar-refractivity contribution is 5.79. The lowest BCUT2D eigenvalue weighted by Gasteiger charge is -2.15. The number of methoxy groups -OCH3 is 1. The van der Waals surface area contributed by atoms with E-state index in [9.17, 15) is 0 Å². The van der Waals surface area contributed by atoms with Gasteiger partial charge in [-0.15, -0.1) is 0 Å². The highest BCUT2D eigenvalue weighted by atomic mass is 16.5. The molecule has 0 amide bonds. The van der Waals surface area contributed by atoms with E-state index >= 15 is 0 Å². The van der Waals surface area contributed by atoms with E-state index in [2.05, 4.69) is 51.1 Å². The van der Waals surface area contributed by atoms with Crippen molar-refractivity contribution in [3.8, 4) is 22.6 Å². The van der Waals surface area contributed by atoms with Crippen molar-refractivity contribution in [2.45, 2.75) is 33.3 Å². The lowest BCUT2D eigenvalue weighted by atomic mass is 9.93. The molecule has 2 aromatic carbocycles. The van der Waals surface area contributed by atoms with Crippen molar-refractivity contribution in [3.05, 3.63) is 47.0 Å². The molecule has 0 spiro atoms. The van der Waals surface area contributed by atoms with Gasteiger partial charge in [0.1, 0.15) is 17.6 Å². The summed E-state index contributed by atoms with van der Waals surface area (Å²) in [6.45, 7) is 6.40. The van der Waals surface area contributed by atoms with Gasteiger partial charge in [0.05, 0.1) is 7.11 Å². The van der Waals surface area contributed by atoms with Crippen LogP contribution in [0.3, 0.4) is 0 Å². The monoisotopic (exact) mass is 268 g/mol. The molecule has 0 bridgehead atoms. The molecule has 0 radical (unpaired) electrons. The molecule has 0 saturated carbocycles. The van der Waals surface area contributed by atoms with Gasteiger partial charge >= 0.3 is 0 Å². The fraction of sp³-hybridized carbons (Fsp3) is 0.333. The number of rotatable bonds is 2. The maximum atomic E-state index is 6.05. The Labute approximate surface area is 120 Å². The third kappa shape index (κ3) is 2.05. The molecule has 2 heteroatoms. The van der Waals surface area contributed by atoms with Crippen LogP contribution in [0.25, 0.3) is 11.1 Å². The van der Waals surface area contributed by atoms with Gasteiger partial charge < -0.3 is 9.47 Å². The molecule has 104 valence electrons. The van der Waals surface area contributed by atoms with Crippen LogP contribution in [0.4, 0.5) is 0 Å². The zero-order valence-corrected chi connectivity index (χ0v) is 12.5. The highest BCUT2D eigenvalue weighted by Gasteiger charge is 2.25. The summed E-state index contributed by atoms with van der Waals surface area (Å²) in [7, 11) is 1.72. The molecule has 3 rings (SSSR count). The summed E-state index contributed by atoms with van der Waals surface area (Å²) < 4.78 is 11.5. The Morgan fingerprint density at radius 2 is 1.85 bits per heavy atom. The highest BCUT2D eigenvalue weighted by Crippen LogP contribution is 2.43. The number of hydrogen-bond donors (Lipinski definition) is 0. The van der Waals surface area contributed by atoms with Gasteiger partial charge in [0.2, 0.25) is 0 Å². The van der Waals surface area contributed by atoms with E-state index in [1.807, 2.05) is 0 Å². The van der Waals surface area contributed by atoms with Gasteiger partial charge in [0.25, 0.3) is 0 Å². The van der Waals surface area contributed by atoms with Crippen LogP contribution >= 0.6 is 0 Å². The number of benzene rings is 2. The lowest BCUT2D eigenvalue weighted by Crippen LogP contribution is -2.05. The Morgan fingerprint density at radius 1 is 1.15 bits per heavy atom. The molecule has 0 aliphatic carbocycles. The number of hydrogen-bond acceptors (Lipinski definition) is 2. The van der Waals surface area contributed by atoms with Gasteiger partial charge in [0, 0.05) is 17.5 Å². The largest absolute Gasteiger partial charge is 0.497 e. The van der Waals surface area contributed by atoms with Gasteiger partial charge in [-0.2, -0.15) is 0 Å². The maximum absolute atomic E-state index is 6.05. The van der Waals surface area contributed by atoms with Crippen molar-refractivity contribution in [2.24, 2.45) is 0 Å². The molecule has 1 atom stereocenters. The van der Waals surface area contributed by atoms with E-state index in [1.165, 1.54) is 22.3 Å². The SMILES string of the molecule is COc1cc2c(c(-c3c(C)cccc3C)c1)OC(C)C2. The molecule has 2 nitrogen and oxygen atoms in total. The molecule has 2 aromatic rings. The predicted molar refractivity (Wildman–Crippen MR) is 81.7 cm³/mol. The molecule has 0 saturated heterocycles. The third-order valence-electron chi connectivity index (χ3n) is 3.95. The Hall–Kier alpha value is -1.96. The van der Waals surface area contributed by atoms with Crippen LogP contribution in [0.5, 0.6) is 11.5 Å². The van der Waals surface area contributed by atoms with Crippen LogP contribution in [0.2, 0.25) is 0 Å². The van der Waals surface area contributed by atoms with Gasteiger partial charge in [-0.25, -0.2) is 0 Å². The summed E-state index contributed by atoms with van der Waals surface area (Å²) in [5.74, 6) is 1.93. The van der Waals surface area contributed by atoms with Crippen LogP contribution in [0, 0.1) is 13.8 Å². The standard InChI is InChI=1S/C18H20O2/c1-11-6-5-7-12(2)17(11)16-10-15(19-4)9-14-8-13(3)20-18(14)16/h5-7,9-10,13H,8H2,1-4H3. The predicted octanol–water partition coefficient (Wildman–Crippen LogP) is 4.30. The minimum atomic E-state index is 0.236. The zero-order chi connectivity index (χ0) is 14.3. The zero-order valence-electron chi connectivity index (χ0n) is 12.5. The molecular weight excluding hydrogens is 248 g/mol. The van der Waals surface area contributed by atoms with Crippen molar-refractivity contribution in [3.63, 3.8) is 0 Å². The Bertz CT molecular complexity index is 638. The average molecular weight is 268 g/mol. The normalized spacial score (nSPS) is 16.7. The van der Waals surface area contributed by atoms with Gasteiger partial charge in [-0.1, -0.05) is 18.2 Å². The summed E-state index contributed by atoms with van der Waals surface area (Å²) in [6.07, 6.45) is 1.19. The van der Waals surface area contributed by atoms with Crippen LogP contribution in [0.1, 0.15) is 23.6 Å². The average Bonchev–Trinajstić information content (AvgIpc) is 2.78. The van der Waals surface area contributed by atoms with E-state index in [1.54, 1.807) is 7.11 Å². The van der Waals surface area contributed by atoms with Crippen LogP contribution in [-0.4, -0.2) is 13.2 Å². The van der Waals surface area contributed by atoms with E-state index in [0.717, 1.165) is 23.5 Å². The van der Waals surface area contributed by atoms with Gasteiger partial charge in [0.15, 0.2) is 0 Å². The second-order valence-corrected chi connectivity index (χ2v) is 5.56. The van der Waals surface area contributed by atoms with E-state index < -0.39 is 0 Å². The molecule has 1 aliphatic heterocycles. The first-order valence-electron chi connectivity index (χ1n) is 7.04. The molecule has 20 heavy (non-hydrogen) atoms. The van der Waals surface area contributed by atoms with Crippen molar-refractivity contribution >= 4 is 0 Å². The van der Waals surface area contributed by atoms with Crippen LogP contribution in [0.15, 0.2) is 30.3 Å². The fourth-order valence-electron chi connectivity index (χ4n) is 3.05.